The van der Waals surface area contributed by atoms with Crippen molar-refractivity contribution in [1.29, 1.82) is 0 Å². The van der Waals surface area contributed by atoms with Gasteiger partial charge in [0, 0.05) is 23.9 Å². The van der Waals surface area contributed by atoms with Gasteiger partial charge in [-0.15, -0.1) is 6.58 Å². The summed E-state index contributed by atoms with van der Waals surface area (Å²) in [6, 6.07) is 4.35. The molecular formula is C33H43N5O10S. The first kappa shape index (κ1) is 35.9. The summed E-state index contributed by atoms with van der Waals surface area (Å²) < 4.78 is 44.2. The fourth-order valence-electron chi connectivity index (χ4n) is 5.90. The van der Waals surface area contributed by atoms with Gasteiger partial charge in [-0.2, -0.15) is 0 Å². The normalized spacial score (nSPS) is 24.7. The summed E-state index contributed by atoms with van der Waals surface area (Å²) in [6.45, 7) is 9.81. The van der Waals surface area contributed by atoms with Gasteiger partial charge in [0.25, 0.3) is 5.91 Å². The zero-order valence-electron chi connectivity index (χ0n) is 28.1. The number of amides is 4. The molecule has 16 heteroatoms. The number of aliphatic hydroxyl groups is 1. The lowest BCUT2D eigenvalue weighted by Crippen LogP contribution is -2.60. The lowest BCUT2D eigenvalue weighted by Gasteiger charge is -2.31. The summed E-state index contributed by atoms with van der Waals surface area (Å²) in [5.74, 6) is -2.12. The zero-order chi connectivity index (χ0) is 35.9. The third kappa shape index (κ3) is 7.90. The molecule has 2 aliphatic carbocycles. The average Bonchev–Trinajstić information content (AvgIpc) is 3.95. The van der Waals surface area contributed by atoms with E-state index in [9.17, 15) is 32.7 Å². The molecular weight excluding hydrogens is 658 g/mol. The maximum atomic E-state index is 14.0. The van der Waals surface area contributed by atoms with Gasteiger partial charge < -0.3 is 34.9 Å². The molecule has 0 bridgehead atoms. The van der Waals surface area contributed by atoms with Crippen LogP contribution in [0.1, 0.15) is 53.4 Å². The van der Waals surface area contributed by atoms with Gasteiger partial charge in [0.15, 0.2) is 0 Å². The first-order valence-corrected chi connectivity index (χ1v) is 17.6. The lowest BCUT2D eigenvalue weighted by molar-refractivity contribution is -0.142. The Morgan fingerprint density at radius 3 is 2.49 bits per heavy atom. The average molecular weight is 702 g/mol. The van der Waals surface area contributed by atoms with E-state index in [1.54, 1.807) is 58.3 Å². The summed E-state index contributed by atoms with van der Waals surface area (Å²) in [5.41, 5.74) is -2.49. The summed E-state index contributed by atoms with van der Waals surface area (Å²) in [7, 11) is -2.37. The fraction of sp³-hybridized carbons (Fsp3) is 0.545. The van der Waals surface area contributed by atoms with E-state index >= 15 is 0 Å². The Morgan fingerprint density at radius 2 is 1.90 bits per heavy atom. The van der Waals surface area contributed by atoms with Gasteiger partial charge in [0.2, 0.25) is 27.7 Å². The predicted molar refractivity (Wildman–Crippen MR) is 177 cm³/mol. The second kappa shape index (κ2) is 13.5. The van der Waals surface area contributed by atoms with Crippen LogP contribution >= 0.6 is 0 Å². The molecule has 1 aromatic carbocycles. The maximum absolute atomic E-state index is 14.0. The highest BCUT2D eigenvalue weighted by Gasteiger charge is 2.62. The van der Waals surface area contributed by atoms with Crippen LogP contribution in [0.25, 0.3) is 10.8 Å². The number of sulfonamides is 1. The van der Waals surface area contributed by atoms with E-state index in [0.29, 0.717) is 24.0 Å². The second-order valence-corrected chi connectivity index (χ2v) is 15.7. The van der Waals surface area contributed by atoms with Crippen molar-refractivity contribution in [2.75, 3.05) is 13.7 Å². The quantitative estimate of drug-likeness (QED) is 0.234. The number of pyridine rings is 1. The predicted octanol–water partition coefficient (Wildman–Crippen LogP) is 1.54. The zero-order valence-corrected chi connectivity index (χ0v) is 28.9. The molecule has 1 unspecified atom stereocenters. The van der Waals surface area contributed by atoms with Gasteiger partial charge in [0.1, 0.15) is 35.1 Å². The number of nitrogens with zero attached hydrogens (tertiary/aromatic N) is 2. The number of hydrogen-bond acceptors (Lipinski definition) is 11. The van der Waals surface area contributed by atoms with Crippen molar-refractivity contribution in [2.24, 2.45) is 5.92 Å². The number of aromatic nitrogens is 1. The van der Waals surface area contributed by atoms with Crippen molar-refractivity contribution in [3.8, 4) is 11.6 Å². The minimum absolute atomic E-state index is 0.0540. The molecule has 49 heavy (non-hydrogen) atoms. The van der Waals surface area contributed by atoms with Crippen molar-refractivity contribution in [3.63, 3.8) is 0 Å². The number of rotatable bonds is 12. The Bertz CT molecular complexity index is 1760. The summed E-state index contributed by atoms with van der Waals surface area (Å²) in [6.07, 6.45) is 0.812. The summed E-state index contributed by atoms with van der Waals surface area (Å²) >= 11 is 0. The van der Waals surface area contributed by atoms with Crippen LogP contribution in [-0.2, 0) is 29.1 Å². The number of nitrogens with one attached hydrogen (secondary N) is 3. The van der Waals surface area contributed by atoms with E-state index in [0.717, 1.165) is 5.39 Å². The van der Waals surface area contributed by atoms with Crippen LogP contribution in [0.15, 0.2) is 43.1 Å². The highest BCUT2D eigenvalue weighted by atomic mass is 32.2. The lowest BCUT2D eigenvalue weighted by atomic mass is 10.1. The Balaban J connectivity index is 1.42. The van der Waals surface area contributed by atoms with Gasteiger partial charge in [0.05, 0.1) is 25.0 Å². The molecule has 1 saturated heterocycles. The third-order valence-electron chi connectivity index (χ3n) is 8.73. The van der Waals surface area contributed by atoms with Crippen LogP contribution in [0.3, 0.4) is 0 Å². The van der Waals surface area contributed by atoms with Crippen molar-refractivity contribution in [3.05, 3.63) is 43.1 Å². The standard InChI is InChI=1S/C33H43N5O10S/c1-7-20-16-33(20,30(42)37-49(44,45)23-9-10-23)36-27(40)25-15-22(47-28-24-11-8-21(46-6)14-19(24)12-13-34-28)17-38(25)29(41)26(18(2)39)35-31(43)48-32(3,4)5/h7-8,11-14,18,20,22-23,25-26,39H,1,9-10,15-17H2,2-6H3,(H,35,43)(H,36,40)(H,37,42)/t18-,20-,22?,25+,26+,33-/m1/s1. The monoisotopic (exact) mass is 701 g/mol. The van der Waals surface area contributed by atoms with E-state index in [2.05, 4.69) is 26.9 Å². The summed E-state index contributed by atoms with van der Waals surface area (Å²) in [4.78, 5) is 59.6. The van der Waals surface area contributed by atoms with Crippen molar-refractivity contribution in [2.45, 2.75) is 94.1 Å². The van der Waals surface area contributed by atoms with Crippen molar-refractivity contribution < 1.29 is 46.9 Å². The molecule has 3 fully saturated rings. The third-order valence-corrected chi connectivity index (χ3v) is 10.6. The second-order valence-electron chi connectivity index (χ2n) is 13.7. The molecule has 15 nitrogen and oxygen atoms in total. The Morgan fingerprint density at radius 1 is 1.18 bits per heavy atom. The molecule has 4 N–H and O–H groups in total. The molecule has 1 aliphatic heterocycles. The van der Waals surface area contributed by atoms with Crippen LogP contribution in [0, 0.1) is 5.92 Å². The molecule has 1 aromatic heterocycles. The van der Waals surface area contributed by atoms with Gasteiger partial charge in [-0.05, 0) is 76.6 Å². The highest BCUT2D eigenvalue weighted by Crippen LogP contribution is 2.45. The van der Waals surface area contributed by atoms with E-state index < -0.39 is 80.4 Å². The number of alkyl carbamates (subject to hydrolysis) is 1. The number of aliphatic hydroxyl groups excluding tert-OH is 1. The van der Waals surface area contributed by atoms with Crippen LogP contribution in [-0.4, -0.2) is 102 Å². The largest absolute Gasteiger partial charge is 0.497 e. The molecule has 3 aliphatic rings. The van der Waals surface area contributed by atoms with Crippen LogP contribution in [0.2, 0.25) is 0 Å². The number of carbonyl (C=O) groups is 4. The van der Waals surface area contributed by atoms with Crippen molar-refractivity contribution >= 4 is 44.6 Å². The van der Waals surface area contributed by atoms with E-state index in [4.69, 9.17) is 14.2 Å². The van der Waals surface area contributed by atoms with E-state index in [1.165, 1.54) is 17.9 Å². The van der Waals surface area contributed by atoms with Crippen LogP contribution in [0.5, 0.6) is 11.6 Å². The maximum Gasteiger partial charge on any atom is 0.408 e. The molecule has 0 radical (unpaired) electrons. The fourth-order valence-corrected chi connectivity index (χ4v) is 7.27. The van der Waals surface area contributed by atoms with Gasteiger partial charge in [-0.3, -0.25) is 19.1 Å². The molecule has 0 spiro atoms. The minimum atomic E-state index is -3.92. The smallest absolute Gasteiger partial charge is 0.408 e. The summed E-state index contributed by atoms with van der Waals surface area (Å²) in [5, 5.41) is 16.5. The molecule has 4 amide bonds. The van der Waals surface area contributed by atoms with E-state index in [1.807, 2.05) is 0 Å². The minimum Gasteiger partial charge on any atom is -0.497 e. The molecule has 2 heterocycles. The van der Waals surface area contributed by atoms with Crippen LogP contribution < -0.4 is 24.8 Å². The Labute approximate surface area is 284 Å². The first-order chi connectivity index (χ1) is 23.0. The SMILES string of the molecule is C=C[C@@H]1C[C@]1(NC(=O)[C@@H]1CC(Oc2nccc3cc(OC)ccc23)CN1C(=O)[C@@H](NC(=O)OC(C)(C)C)[C@@H](C)O)C(=O)NS(=O)(=O)C1CC1. The number of methoxy groups -OCH3 is 1. The number of likely N-dealkylation sites (tertiary alicyclic amines) is 1. The van der Waals surface area contributed by atoms with Crippen molar-refractivity contribution in [1.82, 2.24) is 25.2 Å². The van der Waals surface area contributed by atoms with Gasteiger partial charge in [-0.1, -0.05) is 6.08 Å². The van der Waals surface area contributed by atoms with Crippen LogP contribution in [0.4, 0.5) is 4.79 Å². The number of carbonyl (C=O) groups excluding carboxylic acids is 4. The Kier molecular flexibility index (Phi) is 9.85. The molecule has 6 atom stereocenters. The topological polar surface area (TPSA) is 203 Å². The molecule has 266 valence electrons. The molecule has 5 rings (SSSR count). The number of benzene rings is 1. The first-order valence-electron chi connectivity index (χ1n) is 16.1. The van der Waals surface area contributed by atoms with Gasteiger partial charge >= 0.3 is 6.09 Å². The number of ether oxygens (including phenoxy) is 3. The van der Waals surface area contributed by atoms with Gasteiger partial charge in [-0.25, -0.2) is 18.2 Å². The number of fused-ring (bicyclic) bond motifs is 1. The molecule has 2 saturated carbocycles. The van der Waals surface area contributed by atoms with E-state index in [-0.39, 0.29) is 25.3 Å². The molecule has 2 aromatic rings. The number of hydrogen-bond donors (Lipinski definition) is 4. The highest BCUT2D eigenvalue weighted by molar-refractivity contribution is 7.91. The Hall–Kier alpha value is -4.44.